The molecular formula is C54H53N3O13. The van der Waals surface area contributed by atoms with E-state index in [1.165, 1.54) is 26.4 Å². The zero-order valence-electron chi connectivity index (χ0n) is 39.4. The van der Waals surface area contributed by atoms with Crippen molar-refractivity contribution in [1.82, 2.24) is 5.32 Å². The number of nitrogens with one attached hydrogen (secondary N) is 2. The third-order valence-corrected chi connectivity index (χ3v) is 11.4. The molecule has 0 heterocycles. The average Bonchev–Trinajstić information content (AvgIpc) is 3.32. The number of benzene rings is 6. The quantitative estimate of drug-likeness (QED) is 0.0367. The van der Waals surface area contributed by atoms with E-state index in [4.69, 9.17) is 23.7 Å². The summed E-state index contributed by atoms with van der Waals surface area (Å²) in [4.78, 5) is 61.7. The number of aromatic hydroxyl groups is 2. The monoisotopic (exact) mass is 951 g/mol. The predicted octanol–water partition coefficient (Wildman–Crippen LogP) is 8.97. The molecule has 1 aliphatic rings. The third-order valence-electron chi connectivity index (χ3n) is 11.4. The lowest BCUT2D eigenvalue weighted by Crippen LogP contribution is -2.34. The first-order chi connectivity index (χ1) is 33.5. The second-order valence-electron chi connectivity index (χ2n) is 17.6. The van der Waals surface area contributed by atoms with Crippen LogP contribution in [0, 0.1) is 10.1 Å². The highest BCUT2D eigenvalue weighted by atomic mass is 16.6. The Morgan fingerprint density at radius 1 is 0.600 bits per heavy atom. The zero-order valence-corrected chi connectivity index (χ0v) is 39.4. The molecule has 2 amide bonds. The molecule has 0 saturated heterocycles. The Hall–Kier alpha value is -8.40. The van der Waals surface area contributed by atoms with Crippen molar-refractivity contribution in [3.8, 4) is 45.3 Å². The Morgan fingerprint density at radius 3 is 1.46 bits per heavy atom. The summed E-state index contributed by atoms with van der Waals surface area (Å²) in [6, 6.07) is 31.4. The van der Waals surface area contributed by atoms with E-state index in [1.54, 1.807) is 75.4 Å². The highest BCUT2D eigenvalue weighted by molar-refractivity contribution is 5.92. The summed E-state index contributed by atoms with van der Waals surface area (Å²) in [5.41, 5.74) is 6.36. The van der Waals surface area contributed by atoms with Crippen molar-refractivity contribution in [2.24, 2.45) is 0 Å². The molecule has 0 atom stereocenters. The minimum absolute atomic E-state index is 0.0146. The van der Waals surface area contributed by atoms with Gasteiger partial charge >= 0.3 is 18.0 Å². The molecule has 4 N–H and O–H groups in total. The van der Waals surface area contributed by atoms with Gasteiger partial charge in [-0.2, -0.15) is 0 Å². The number of fused-ring (bicyclic) bond motifs is 8. The minimum atomic E-state index is -0.688. The number of rotatable bonds is 13. The number of methoxy groups -OCH3 is 2. The molecule has 0 fully saturated rings. The summed E-state index contributed by atoms with van der Waals surface area (Å²) in [6.45, 7) is 4.41. The maximum Gasteiger partial charge on any atom is 0.407 e. The van der Waals surface area contributed by atoms with Crippen LogP contribution < -0.4 is 20.1 Å². The number of hydrogen-bond donors (Lipinski definition) is 4. The summed E-state index contributed by atoms with van der Waals surface area (Å²) in [5, 5.41) is 41.8. The average molecular weight is 952 g/mol. The molecule has 16 heteroatoms. The topological polar surface area (TPSA) is 222 Å². The minimum Gasteiger partial charge on any atom is -0.507 e. The van der Waals surface area contributed by atoms with Crippen molar-refractivity contribution >= 4 is 35.3 Å². The van der Waals surface area contributed by atoms with Crippen LogP contribution in [0.25, 0.3) is 22.3 Å². The molecule has 70 heavy (non-hydrogen) atoms. The number of para-hydroxylation sites is 2. The number of carbonyl (C=O) groups is 4. The highest BCUT2D eigenvalue weighted by Gasteiger charge is 2.24. The fourth-order valence-corrected chi connectivity index (χ4v) is 8.19. The molecular weight excluding hydrogens is 899 g/mol. The fourth-order valence-electron chi connectivity index (χ4n) is 8.19. The highest BCUT2D eigenvalue weighted by Crippen LogP contribution is 2.41. The number of carbonyl (C=O) groups excluding carboxylic acids is 4. The molecule has 16 nitrogen and oxygen atoms in total. The summed E-state index contributed by atoms with van der Waals surface area (Å²) in [6.07, 6.45) is -0.312. The molecule has 0 saturated carbocycles. The smallest absolute Gasteiger partial charge is 0.407 e. The summed E-state index contributed by atoms with van der Waals surface area (Å²) >= 11 is 0. The van der Waals surface area contributed by atoms with E-state index in [2.05, 4.69) is 10.6 Å². The Balaban J connectivity index is 1.36. The van der Waals surface area contributed by atoms with Crippen LogP contribution in [-0.2, 0) is 54.3 Å². The van der Waals surface area contributed by atoms with Crippen molar-refractivity contribution in [1.29, 1.82) is 0 Å². The van der Waals surface area contributed by atoms with Crippen LogP contribution in [0.3, 0.4) is 0 Å². The molecule has 0 spiro atoms. The number of nitrogens with zero attached hydrogens (tertiary/aromatic N) is 1. The van der Waals surface area contributed by atoms with Gasteiger partial charge in [-0.1, -0.05) is 60.7 Å². The number of phenols is 2. The number of phenolic OH excluding ortho intramolecular Hbond substituents is 2. The van der Waals surface area contributed by atoms with Gasteiger partial charge in [0.1, 0.15) is 28.6 Å². The van der Waals surface area contributed by atoms with Crippen molar-refractivity contribution in [3.05, 3.63) is 164 Å². The number of esters is 2. The summed E-state index contributed by atoms with van der Waals surface area (Å²) < 4.78 is 27.6. The van der Waals surface area contributed by atoms with Crippen LogP contribution in [0.4, 0.5) is 16.2 Å². The SMILES string of the molecule is COC(=O)COc1c2cccc1Cc1cc(-c3cccc([N+](=O)[O-])c3)cc(c1O)Cc1cccc(c1OCC(=O)OC)Cc1cc(-c3cccc(NC(=O)CCNC(=O)OC(C)(C)C)c3)cc(c1O)C2. The van der Waals surface area contributed by atoms with Gasteiger partial charge in [0.05, 0.1) is 19.1 Å². The van der Waals surface area contributed by atoms with Crippen LogP contribution in [0.1, 0.15) is 71.7 Å². The summed E-state index contributed by atoms with van der Waals surface area (Å²) in [7, 11) is 2.50. The van der Waals surface area contributed by atoms with Gasteiger partial charge in [-0.15, -0.1) is 0 Å². The number of alkyl carbamates (subject to hydrolysis) is 1. The Labute approximate surface area is 404 Å². The molecule has 7 rings (SSSR count). The van der Waals surface area contributed by atoms with E-state index in [9.17, 15) is 39.5 Å². The molecule has 8 bridgehead atoms. The first-order valence-electron chi connectivity index (χ1n) is 22.4. The fraction of sp³-hybridized carbons (Fsp3) is 0.259. The maximum absolute atomic E-state index is 13.0. The number of hydrogen-bond acceptors (Lipinski definition) is 13. The molecule has 0 unspecified atom stereocenters. The predicted molar refractivity (Wildman–Crippen MR) is 260 cm³/mol. The number of nitro groups is 1. The zero-order chi connectivity index (χ0) is 50.1. The first kappa shape index (κ1) is 49.5. The normalized spacial score (nSPS) is 12.0. The van der Waals surface area contributed by atoms with Crippen molar-refractivity contribution < 1.29 is 58.0 Å². The lowest BCUT2D eigenvalue weighted by atomic mass is 9.88. The summed E-state index contributed by atoms with van der Waals surface area (Å²) in [5.74, 6) is -1.05. The molecule has 0 radical (unpaired) electrons. The molecule has 1 aliphatic carbocycles. The molecule has 6 aromatic carbocycles. The molecule has 0 aromatic heterocycles. The van der Waals surface area contributed by atoms with Gasteiger partial charge in [0.25, 0.3) is 5.69 Å². The van der Waals surface area contributed by atoms with Crippen molar-refractivity contribution in [3.63, 3.8) is 0 Å². The number of ether oxygens (including phenoxy) is 5. The van der Waals surface area contributed by atoms with Gasteiger partial charge in [0.2, 0.25) is 5.91 Å². The van der Waals surface area contributed by atoms with E-state index < -0.39 is 41.8 Å². The Bertz CT molecular complexity index is 2860. The first-order valence-corrected chi connectivity index (χ1v) is 22.4. The van der Waals surface area contributed by atoms with Gasteiger partial charge in [0, 0.05) is 56.5 Å². The van der Waals surface area contributed by atoms with E-state index in [0.717, 1.165) is 0 Å². The third kappa shape index (κ3) is 12.4. The standard InChI is InChI=1S/C54H53N3O13/c1-54(2,3)70-53(63)55-19-18-46(58)56-44-16-8-10-32(28-44)38-24-40-20-34-12-6-14-36(51(34)68-30-47(59)66-4)22-42-26-39(33-11-9-17-45(29-33)57(64)65)27-43(50(42)62)23-37-15-7-13-35(21-41(25-38)49(40)61)52(37)69-31-48(60)67-5/h6-17,24-29,61-62H,18-23,30-31H2,1-5H3,(H,55,63)(H,56,58). The lowest BCUT2D eigenvalue weighted by Gasteiger charge is -2.21. The van der Waals surface area contributed by atoms with E-state index in [0.29, 0.717) is 83.9 Å². The van der Waals surface area contributed by atoms with Gasteiger partial charge < -0.3 is 44.5 Å². The van der Waals surface area contributed by atoms with E-state index in [-0.39, 0.29) is 61.7 Å². The second-order valence-corrected chi connectivity index (χ2v) is 17.6. The second kappa shape index (κ2) is 21.7. The van der Waals surface area contributed by atoms with Crippen molar-refractivity contribution in [2.75, 3.05) is 39.3 Å². The van der Waals surface area contributed by atoms with Gasteiger partial charge in [0.15, 0.2) is 13.2 Å². The maximum atomic E-state index is 13.0. The lowest BCUT2D eigenvalue weighted by molar-refractivity contribution is -0.384. The Kier molecular flexibility index (Phi) is 15.3. The number of amides is 2. The number of anilines is 1. The molecule has 0 aliphatic heterocycles. The van der Waals surface area contributed by atoms with Gasteiger partial charge in [-0.3, -0.25) is 14.9 Å². The van der Waals surface area contributed by atoms with E-state index in [1.807, 2.05) is 42.5 Å². The Morgan fingerprint density at radius 2 is 1.03 bits per heavy atom. The largest absolute Gasteiger partial charge is 0.507 e. The van der Waals surface area contributed by atoms with Crippen molar-refractivity contribution in [2.45, 2.75) is 58.5 Å². The van der Waals surface area contributed by atoms with Crippen LogP contribution in [0.2, 0.25) is 0 Å². The molecule has 362 valence electrons. The van der Waals surface area contributed by atoms with Crippen LogP contribution in [0.15, 0.2) is 109 Å². The van der Waals surface area contributed by atoms with Gasteiger partial charge in [-0.25, -0.2) is 14.4 Å². The molecule has 6 aromatic rings. The van der Waals surface area contributed by atoms with Gasteiger partial charge in [-0.05, 0) is 124 Å². The van der Waals surface area contributed by atoms with E-state index >= 15 is 0 Å². The number of nitro benzene ring substituents is 1. The number of non-ortho nitro benzene ring substituents is 1. The van der Waals surface area contributed by atoms with Crippen LogP contribution >= 0.6 is 0 Å². The van der Waals surface area contributed by atoms with Crippen LogP contribution in [-0.4, -0.2) is 78.7 Å². The van der Waals surface area contributed by atoms with Crippen LogP contribution in [0.5, 0.6) is 23.0 Å².